The van der Waals surface area contributed by atoms with Gasteiger partial charge in [0.2, 0.25) is 5.95 Å². The highest BCUT2D eigenvalue weighted by molar-refractivity contribution is 5.71. The fourth-order valence-corrected chi connectivity index (χ4v) is 2.78. The van der Waals surface area contributed by atoms with E-state index in [1.165, 1.54) is 35.9 Å². The van der Waals surface area contributed by atoms with Crippen molar-refractivity contribution in [3.8, 4) is 5.75 Å². The van der Waals surface area contributed by atoms with E-state index in [0.29, 0.717) is 16.9 Å². The number of benzene rings is 2. The third kappa shape index (κ3) is 4.90. The van der Waals surface area contributed by atoms with Crippen LogP contribution in [0.5, 0.6) is 5.75 Å². The summed E-state index contributed by atoms with van der Waals surface area (Å²) in [5.41, 5.74) is -0.268. The number of anilines is 1. The van der Waals surface area contributed by atoms with Crippen molar-refractivity contribution in [2.75, 3.05) is 19.0 Å². The second-order valence-corrected chi connectivity index (χ2v) is 6.39. The van der Waals surface area contributed by atoms with Crippen LogP contribution in [0.25, 0.3) is 0 Å². The van der Waals surface area contributed by atoms with Gasteiger partial charge in [0.1, 0.15) is 18.1 Å². The van der Waals surface area contributed by atoms with E-state index in [9.17, 15) is 18.8 Å². The molecule has 156 valence electrons. The SMILES string of the molecule is COc1ccc(Cn2c(NCC(=O)O)nc(=O)n(Cc3ccc(F)cc3)c2=O)cc1. The standard InChI is InChI=1S/C20H19FN4O5/c1-30-16-8-4-14(5-9-16)11-24-18(22-10-17(26)27)23-19(28)25(20(24)29)12-13-2-6-15(21)7-3-13/h2-9H,10-12H2,1H3,(H,26,27)(H,22,23,28). The van der Waals surface area contributed by atoms with Gasteiger partial charge in [-0.15, -0.1) is 0 Å². The Morgan fingerprint density at radius 1 is 1.03 bits per heavy atom. The van der Waals surface area contributed by atoms with Crippen molar-refractivity contribution in [3.05, 3.63) is 86.4 Å². The summed E-state index contributed by atoms with van der Waals surface area (Å²) in [6, 6.07) is 12.3. The predicted octanol–water partition coefficient (Wildman–Crippen LogP) is 1.15. The molecule has 1 heterocycles. The van der Waals surface area contributed by atoms with Crippen molar-refractivity contribution in [2.24, 2.45) is 0 Å². The normalized spacial score (nSPS) is 10.6. The molecule has 0 saturated carbocycles. The molecule has 1 aromatic heterocycles. The number of ether oxygens (including phenoxy) is 1. The third-order valence-electron chi connectivity index (χ3n) is 4.30. The Bertz CT molecular complexity index is 1150. The van der Waals surface area contributed by atoms with E-state index in [4.69, 9.17) is 9.84 Å². The first kappa shape index (κ1) is 20.8. The van der Waals surface area contributed by atoms with E-state index in [1.54, 1.807) is 24.3 Å². The lowest BCUT2D eigenvalue weighted by atomic mass is 10.2. The molecule has 2 aromatic carbocycles. The van der Waals surface area contributed by atoms with Gasteiger partial charge in [-0.1, -0.05) is 24.3 Å². The molecule has 30 heavy (non-hydrogen) atoms. The van der Waals surface area contributed by atoms with Crippen LogP contribution in [0, 0.1) is 5.82 Å². The monoisotopic (exact) mass is 414 g/mol. The van der Waals surface area contributed by atoms with Crippen LogP contribution < -0.4 is 21.4 Å². The molecular weight excluding hydrogens is 395 g/mol. The summed E-state index contributed by atoms with van der Waals surface area (Å²) in [5, 5.41) is 11.4. The zero-order chi connectivity index (χ0) is 21.7. The van der Waals surface area contributed by atoms with Gasteiger partial charge in [0.25, 0.3) is 0 Å². The van der Waals surface area contributed by atoms with Gasteiger partial charge in [0.05, 0.1) is 20.2 Å². The summed E-state index contributed by atoms with van der Waals surface area (Å²) in [5.74, 6) is -1.13. The number of carboxylic acids is 1. The summed E-state index contributed by atoms with van der Waals surface area (Å²) < 4.78 is 20.3. The summed E-state index contributed by atoms with van der Waals surface area (Å²) in [6.45, 7) is -0.579. The molecule has 3 aromatic rings. The Labute approximate surface area is 170 Å². The lowest BCUT2D eigenvalue weighted by molar-refractivity contribution is -0.134. The Hall–Kier alpha value is -3.95. The first-order valence-corrected chi connectivity index (χ1v) is 8.92. The molecule has 2 N–H and O–H groups in total. The first-order chi connectivity index (χ1) is 14.4. The van der Waals surface area contributed by atoms with Crippen LogP contribution in [-0.4, -0.2) is 38.8 Å². The van der Waals surface area contributed by atoms with Gasteiger partial charge in [-0.3, -0.25) is 9.36 Å². The van der Waals surface area contributed by atoms with Gasteiger partial charge in [-0.25, -0.2) is 18.5 Å². The first-order valence-electron chi connectivity index (χ1n) is 8.92. The minimum atomic E-state index is -1.17. The molecule has 0 unspecified atom stereocenters. The number of aliphatic carboxylic acids is 1. The second-order valence-electron chi connectivity index (χ2n) is 6.39. The fraction of sp³-hybridized carbons (Fsp3) is 0.200. The fourth-order valence-electron chi connectivity index (χ4n) is 2.78. The van der Waals surface area contributed by atoms with E-state index in [0.717, 1.165) is 4.57 Å². The smallest absolute Gasteiger partial charge is 0.355 e. The molecule has 0 fully saturated rings. The van der Waals surface area contributed by atoms with Crippen LogP contribution >= 0.6 is 0 Å². The third-order valence-corrected chi connectivity index (χ3v) is 4.30. The zero-order valence-electron chi connectivity index (χ0n) is 16.0. The van der Waals surface area contributed by atoms with Crippen LogP contribution in [0.15, 0.2) is 58.1 Å². The van der Waals surface area contributed by atoms with Crippen LogP contribution in [0.3, 0.4) is 0 Å². The highest BCUT2D eigenvalue weighted by Gasteiger charge is 2.15. The topological polar surface area (TPSA) is 115 Å². The highest BCUT2D eigenvalue weighted by Crippen LogP contribution is 2.13. The van der Waals surface area contributed by atoms with E-state index in [1.807, 2.05) is 0 Å². The molecule has 0 atom stereocenters. The van der Waals surface area contributed by atoms with Crippen LogP contribution in [0.2, 0.25) is 0 Å². The van der Waals surface area contributed by atoms with Gasteiger partial charge in [-0.05, 0) is 35.4 Å². The zero-order valence-corrected chi connectivity index (χ0v) is 16.0. The number of carboxylic acid groups (broad SMARTS) is 1. The molecular formula is C20H19FN4O5. The number of nitrogens with zero attached hydrogens (tertiary/aromatic N) is 3. The average Bonchev–Trinajstić information content (AvgIpc) is 2.73. The summed E-state index contributed by atoms with van der Waals surface area (Å²) in [4.78, 5) is 40.2. The Balaban J connectivity index is 2.02. The number of hydrogen-bond donors (Lipinski definition) is 2. The molecule has 9 nitrogen and oxygen atoms in total. The van der Waals surface area contributed by atoms with Crippen molar-refractivity contribution in [2.45, 2.75) is 13.1 Å². The quantitative estimate of drug-likeness (QED) is 0.568. The molecule has 0 saturated heterocycles. The van der Waals surface area contributed by atoms with Crippen LogP contribution in [0.4, 0.5) is 10.3 Å². The number of halogens is 1. The van der Waals surface area contributed by atoms with Crippen LogP contribution in [0.1, 0.15) is 11.1 Å². The maximum Gasteiger partial charge on any atom is 0.355 e. The Kier molecular flexibility index (Phi) is 6.26. The van der Waals surface area contributed by atoms with Gasteiger partial charge < -0.3 is 15.2 Å². The maximum absolute atomic E-state index is 13.1. The van der Waals surface area contributed by atoms with Crippen molar-refractivity contribution in [1.82, 2.24) is 14.1 Å². The van der Waals surface area contributed by atoms with E-state index >= 15 is 0 Å². The van der Waals surface area contributed by atoms with E-state index < -0.39 is 29.7 Å². The van der Waals surface area contributed by atoms with Crippen molar-refractivity contribution in [1.29, 1.82) is 0 Å². The highest BCUT2D eigenvalue weighted by atomic mass is 19.1. The molecule has 0 aliphatic carbocycles. The maximum atomic E-state index is 13.1. The van der Waals surface area contributed by atoms with Gasteiger partial charge in [0, 0.05) is 0 Å². The predicted molar refractivity (Wildman–Crippen MR) is 106 cm³/mol. The Morgan fingerprint density at radius 3 is 2.17 bits per heavy atom. The van der Waals surface area contributed by atoms with Crippen LogP contribution in [-0.2, 0) is 17.9 Å². The number of aromatic nitrogens is 3. The lowest BCUT2D eigenvalue weighted by Crippen LogP contribution is -2.43. The molecule has 0 bridgehead atoms. The summed E-state index contributed by atoms with van der Waals surface area (Å²) >= 11 is 0. The lowest BCUT2D eigenvalue weighted by Gasteiger charge is -2.15. The number of hydrogen-bond acceptors (Lipinski definition) is 6. The number of rotatable bonds is 8. The van der Waals surface area contributed by atoms with Crippen molar-refractivity contribution in [3.63, 3.8) is 0 Å². The summed E-state index contributed by atoms with van der Waals surface area (Å²) in [6.07, 6.45) is 0. The average molecular weight is 414 g/mol. The van der Waals surface area contributed by atoms with Crippen molar-refractivity contribution < 1.29 is 19.0 Å². The molecule has 0 aliphatic rings. The van der Waals surface area contributed by atoms with E-state index in [2.05, 4.69) is 10.3 Å². The molecule has 0 amide bonds. The van der Waals surface area contributed by atoms with E-state index in [-0.39, 0.29) is 19.0 Å². The second kappa shape index (κ2) is 9.03. The number of carbonyl (C=O) groups is 1. The molecule has 10 heteroatoms. The summed E-state index contributed by atoms with van der Waals surface area (Å²) in [7, 11) is 1.53. The van der Waals surface area contributed by atoms with Crippen molar-refractivity contribution >= 4 is 11.9 Å². The Morgan fingerprint density at radius 2 is 1.60 bits per heavy atom. The van der Waals surface area contributed by atoms with Gasteiger partial charge in [0.15, 0.2) is 0 Å². The minimum absolute atomic E-state index is 0.0431. The molecule has 0 aliphatic heterocycles. The van der Waals surface area contributed by atoms with Gasteiger partial charge >= 0.3 is 17.3 Å². The molecule has 0 spiro atoms. The molecule has 3 rings (SSSR count). The largest absolute Gasteiger partial charge is 0.497 e. The van der Waals surface area contributed by atoms with Gasteiger partial charge in [-0.2, -0.15) is 4.98 Å². The molecule has 0 radical (unpaired) electrons. The minimum Gasteiger partial charge on any atom is -0.497 e. The number of nitrogens with one attached hydrogen (secondary N) is 1. The number of methoxy groups -OCH3 is 1.